The standard InChI is InChI=1S/C15H17N3O3/c19-13-7-14(20)18-12-6-9(3-4-11(12)17-13)15(21)10-2-1-5-16-8-10/h3-4,6,10,16H,1-2,5,7-8H2,(H,17,19)(H,18,20). The van der Waals surface area contributed by atoms with E-state index in [0.717, 1.165) is 19.4 Å². The van der Waals surface area contributed by atoms with E-state index in [-0.39, 0.29) is 29.9 Å². The molecule has 6 heteroatoms. The lowest BCUT2D eigenvalue weighted by atomic mass is 9.90. The minimum Gasteiger partial charge on any atom is -0.324 e. The molecule has 21 heavy (non-hydrogen) atoms. The molecule has 110 valence electrons. The average Bonchev–Trinajstić information content (AvgIpc) is 2.63. The normalized spacial score (nSPS) is 21.8. The van der Waals surface area contributed by atoms with E-state index in [2.05, 4.69) is 16.0 Å². The van der Waals surface area contributed by atoms with E-state index in [9.17, 15) is 14.4 Å². The molecular weight excluding hydrogens is 270 g/mol. The van der Waals surface area contributed by atoms with Gasteiger partial charge >= 0.3 is 0 Å². The number of hydrogen-bond donors (Lipinski definition) is 3. The minimum atomic E-state index is -0.366. The predicted octanol–water partition coefficient (Wildman–Crippen LogP) is 1.15. The Morgan fingerprint density at radius 2 is 1.86 bits per heavy atom. The number of anilines is 2. The van der Waals surface area contributed by atoms with Gasteiger partial charge in [0.1, 0.15) is 6.42 Å². The second-order valence-electron chi connectivity index (χ2n) is 5.44. The number of hydrogen-bond acceptors (Lipinski definition) is 4. The van der Waals surface area contributed by atoms with Gasteiger partial charge in [-0.2, -0.15) is 0 Å². The summed E-state index contributed by atoms with van der Waals surface area (Å²) in [6, 6.07) is 5.02. The molecule has 2 heterocycles. The van der Waals surface area contributed by atoms with Crippen molar-refractivity contribution in [3.63, 3.8) is 0 Å². The van der Waals surface area contributed by atoms with E-state index in [1.165, 1.54) is 0 Å². The number of amides is 2. The second kappa shape index (κ2) is 5.65. The maximum Gasteiger partial charge on any atom is 0.233 e. The largest absolute Gasteiger partial charge is 0.324 e. The molecule has 2 aliphatic heterocycles. The van der Waals surface area contributed by atoms with Gasteiger partial charge in [-0.1, -0.05) is 0 Å². The Balaban J connectivity index is 1.86. The van der Waals surface area contributed by atoms with E-state index >= 15 is 0 Å². The van der Waals surface area contributed by atoms with E-state index in [0.29, 0.717) is 23.5 Å². The van der Waals surface area contributed by atoms with Crippen molar-refractivity contribution in [3.05, 3.63) is 23.8 Å². The van der Waals surface area contributed by atoms with E-state index in [1.54, 1.807) is 18.2 Å². The maximum absolute atomic E-state index is 12.5. The molecule has 0 radical (unpaired) electrons. The summed E-state index contributed by atoms with van der Waals surface area (Å²) >= 11 is 0. The van der Waals surface area contributed by atoms with Crippen LogP contribution in [0.4, 0.5) is 11.4 Å². The van der Waals surface area contributed by atoms with Crippen LogP contribution in [0.25, 0.3) is 0 Å². The molecule has 1 unspecified atom stereocenters. The first-order chi connectivity index (χ1) is 10.1. The molecule has 0 aromatic heterocycles. The number of fused-ring (bicyclic) bond motifs is 1. The first kappa shape index (κ1) is 13.8. The number of carbonyl (C=O) groups is 3. The topological polar surface area (TPSA) is 87.3 Å². The van der Waals surface area contributed by atoms with Crippen molar-refractivity contribution in [2.75, 3.05) is 23.7 Å². The van der Waals surface area contributed by atoms with Crippen LogP contribution in [-0.2, 0) is 9.59 Å². The quantitative estimate of drug-likeness (QED) is 0.562. The lowest BCUT2D eigenvalue weighted by Gasteiger charge is -2.22. The number of nitrogens with one attached hydrogen (secondary N) is 3. The summed E-state index contributed by atoms with van der Waals surface area (Å²) < 4.78 is 0. The van der Waals surface area contributed by atoms with Crippen LogP contribution in [0.5, 0.6) is 0 Å². The predicted molar refractivity (Wildman–Crippen MR) is 78.2 cm³/mol. The van der Waals surface area contributed by atoms with E-state index in [1.807, 2.05) is 0 Å². The number of carbonyl (C=O) groups excluding carboxylic acids is 3. The molecular formula is C15H17N3O3. The van der Waals surface area contributed by atoms with Crippen LogP contribution in [0.15, 0.2) is 18.2 Å². The first-order valence-electron chi connectivity index (χ1n) is 7.12. The molecule has 0 aliphatic carbocycles. The van der Waals surface area contributed by atoms with Crippen molar-refractivity contribution in [1.29, 1.82) is 0 Å². The van der Waals surface area contributed by atoms with Crippen molar-refractivity contribution < 1.29 is 14.4 Å². The highest BCUT2D eigenvalue weighted by Crippen LogP contribution is 2.27. The summed E-state index contributed by atoms with van der Waals surface area (Å²) in [6.07, 6.45) is 1.67. The molecule has 0 saturated carbocycles. The average molecular weight is 287 g/mol. The van der Waals surface area contributed by atoms with Gasteiger partial charge in [0.05, 0.1) is 11.4 Å². The zero-order valence-electron chi connectivity index (χ0n) is 11.6. The van der Waals surface area contributed by atoms with Crippen molar-refractivity contribution in [1.82, 2.24) is 5.32 Å². The summed E-state index contributed by atoms with van der Waals surface area (Å²) in [6.45, 7) is 1.65. The third kappa shape index (κ3) is 2.95. The smallest absolute Gasteiger partial charge is 0.233 e. The highest BCUT2D eigenvalue weighted by atomic mass is 16.2. The van der Waals surface area contributed by atoms with Crippen LogP contribution in [0.1, 0.15) is 29.6 Å². The summed E-state index contributed by atoms with van der Waals surface area (Å²) in [5.41, 5.74) is 1.59. The maximum atomic E-state index is 12.5. The number of piperidine rings is 1. The number of rotatable bonds is 2. The van der Waals surface area contributed by atoms with Crippen LogP contribution in [-0.4, -0.2) is 30.7 Å². The van der Waals surface area contributed by atoms with Gasteiger partial charge in [-0.25, -0.2) is 0 Å². The third-order valence-corrected chi connectivity index (χ3v) is 3.84. The molecule has 3 rings (SSSR count). The van der Waals surface area contributed by atoms with Crippen molar-refractivity contribution in [3.8, 4) is 0 Å². The third-order valence-electron chi connectivity index (χ3n) is 3.84. The van der Waals surface area contributed by atoms with E-state index < -0.39 is 0 Å². The lowest BCUT2D eigenvalue weighted by Crippen LogP contribution is -2.34. The zero-order chi connectivity index (χ0) is 14.8. The van der Waals surface area contributed by atoms with Gasteiger partial charge in [0.25, 0.3) is 0 Å². The Kier molecular flexibility index (Phi) is 3.70. The van der Waals surface area contributed by atoms with Gasteiger partial charge < -0.3 is 16.0 Å². The van der Waals surface area contributed by atoms with Gasteiger partial charge in [0.2, 0.25) is 11.8 Å². The molecule has 0 spiro atoms. The molecule has 2 amide bonds. The molecule has 6 nitrogen and oxygen atoms in total. The fourth-order valence-corrected chi connectivity index (χ4v) is 2.76. The Morgan fingerprint density at radius 3 is 2.57 bits per heavy atom. The Labute approximate surface area is 122 Å². The van der Waals surface area contributed by atoms with Crippen LogP contribution >= 0.6 is 0 Å². The first-order valence-corrected chi connectivity index (χ1v) is 7.12. The monoisotopic (exact) mass is 287 g/mol. The van der Waals surface area contributed by atoms with Gasteiger partial charge in [0.15, 0.2) is 5.78 Å². The Bertz CT molecular complexity index is 606. The fourth-order valence-electron chi connectivity index (χ4n) is 2.76. The highest BCUT2D eigenvalue weighted by molar-refractivity contribution is 6.14. The van der Waals surface area contributed by atoms with Crippen molar-refractivity contribution >= 4 is 29.0 Å². The molecule has 1 atom stereocenters. The van der Waals surface area contributed by atoms with Gasteiger partial charge in [0, 0.05) is 18.0 Å². The molecule has 2 aliphatic rings. The molecule has 1 aromatic rings. The molecule has 3 N–H and O–H groups in total. The minimum absolute atomic E-state index is 0.0205. The van der Waals surface area contributed by atoms with Crippen LogP contribution < -0.4 is 16.0 Å². The fraction of sp³-hybridized carbons (Fsp3) is 0.400. The lowest BCUT2D eigenvalue weighted by molar-refractivity contribution is -0.123. The highest BCUT2D eigenvalue weighted by Gasteiger charge is 2.24. The molecule has 1 aromatic carbocycles. The Hall–Kier alpha value is -2.21. The Morgan fingerprint density at radius 1 is 1.10 bits per heavy atom. The van der Waals surface area contributed by atoms with Gasteiger partial charge in [-0.3, -0.25) is 14.4 Å². The summed E-state index contributed by atoms with van der Waals surface area (Å²) in [5.74, 6) is -0.653. The van der Waals surface area contributed by atoms with Crippen LogP contribution in [0.3, 0.4) is 0 Å². The van der Waals surface area contributed by atoms with Gasteiger partial charge in [-0.05, 0) is 37.6 Å². The summed E-state index contributed by atoms with van der Waals surface area (Å²) in [5, 5.41) is 8.54. The van der Waals surface area contributed by atoms with Crippen molar-refractivity contribution in [2.24, 2.45) is 5.92 Å². The second-order valence-corrected chi connectivity index (χ2v) is 5.44. The number of benzene rings is 1. The number of Topliss-reactive ketones (excluding diaryl/α,β-unsaturated/α-hetero) is 1. The van der Waals surface area contributed by atoms with Gasteiger partial charge in [-0.15, -0.1) is 0 Å². The van der Waals surface area contributed by atoms with E-state index in [4.69, 9.17) is 0 Å². The summed E-state index contributed by atoms with van der Waals surface area (Å²) in [7, 11) is 0. The van der Waals surface area contributed by atoms with Crippen LogP contribution in [0.2, 0.25) is 0 Å². The summed E-state index contributed by atoms with van der Waals surface area (Å²) in [4.78, 5) is 35.5. The number of ketones is 1. The zero-order valence-corrected chi connectivity index (χ0v) is 11.6. The molecule has 0 bridgehead atoms. The van der Waals surface area contributed by atoms with Crippen molar-refractivity contribution in [2.45, 2.75) is 19.3 Å². The SMILES string of the molecule is O=C1CC(=O)Nc2cc(C(=O)C3CCCNC3)ccc2N1. The van der Waals surface area contributed by atoms with Crippen LogP contribution in [0, 0.1) is 5.92 Å². The molecule has 1 fully saturated rings. The molecule has 1 saturated heterocycles.